The van der Waals surface area contributed by atoms with E-state index < -0.39 is 0 Å². The standard InChI is InChI=1S/C14H19BrFN/c1-2-10-6-3-4-9-13(10)17-14-11(15)7-5-8-12(14)16/h5,7-8,10,13,17H,2-4,6,9H2,1H3. The summed E-state index contributed by atoms with van der Waals surface area (Å²) in [4.78, 5) is 0. The van der Waals surface area contributed by atoms with Gasteiger partial charge in [-0.1, -0.05) is 32.3 Å². The van der Waals surface area contributed by atoms with Gasteiger partial charge in [-0.2, -0.15) is 0 Å². The maximum Gasteiger partial charge on any atom is 0.147 e. The highest BCUT2D eigenvalue weighted by molar-refractivity contribution is 9.10. The summed E-state index contributed by atoms with van der Waals surface area (Å²) in [7, 11) is 0. The van der Waals surface area contributed by atoms with Crippen molar-refractivity contribution in [1.82, 2.24) is 0 Å². The van der Waals surface area contributed by atoms with Crippen LogP contribution in [0.3, 0.4) is 0 Å². The van der Waals surface area contributed by atoms with Crippen molar-refractivity contribution >= 4 is 21.6 Å². The van der Waals surface area contributed by atoms with Crippen LogP contribution in [0.25, 0.3) is 0 Å². The van der Waals surface area contributed by atoms with Crippen LogP contribution in [0.4, 0.5) is 10.1 Å². The number of para-hydroxylation sites is 1. The molecule has 0 radical (unpaired) electrons. The Kier molecular flexibility index (Phi) is 4.43. The van der Waals surface area contributed by atoms with E-state index >= 15 is 0 Å². The highest BCUT2D eigenvalue weighted by atomic mass is 79.9. The zero-order valence-corrected chi connectivity index (χ0v) is 11.8. The average molecular weight is 300 g/mol. The summed E-state index contributed by atoms with van der Waals surface area (Å²) in [5.41, 5.74) is 0.623. The Hall–Kier alpha value is -0.570. The summed E-state index contributed by atoms with van der Waals surface area (Å²) in [5, 5.41) is 3.40. The van der Waals surface area contributed by atoms with Gasteiger partial charge >= 0.3 is 0 Å². The quantitative estimate of drug-likeness (QED) is 0.831. The molecule has 0 aliphatic heterocycles. The average Bonchev–Trinajstić information content (AvgIpc) is 2.34. The molecule has 1 aliphatic rings. The maximum atomic E-state index is 13.7. The van der Waals surface area contributed by atoms with Crippen LogP contribution in [-0.4, -0.2) is 6.04 Å². The van der Waals surface area contributed by atoms with Crippen molar-refractivity contribution in [3.05, 3.63) is 28.5 Å². The Morgan fingerprint density at radius 3 is 2.82 bits per heavy atom. The van der Waals surface area contributed by atoms with Gasteiger partial charge < -0.3 is 5.32 Å². The van der Waals surface area contributed by atoms with Crippen molar-refractivity contribution in [2.75, 3.05) is 5.32 Å². The summed E-state index contributed by atoms with van der Waals surface area (Å²) < 4.78 is 14.6. The fourth-order valence-electron chi connectivity index (χ4n) is 2.71. The molecule has 2 unspecified atom stereocenters. The van der Waals surface area contributed by atoms with Crippen LogP contribution >= 0.6 is 15.9 Å². The van der Waals surface area contributed by atoms with Gasteiger partial charge in [0.05, 0.1) is 5.69 Å². The number of hydrogen-bond donors (Lipinski definition) is 1. The van der Waals surface area contributed by atoms with Crippen molar-refractivity contribution in [3.63, 3.8) is 0 Å². The highest BCUT2D eigenvalue weighted by Crippen LogP contribution is 2.32. The van der Waals surface area contributed by atoms with Gasteiger partial charge in [0.15, 0.2) is 0 Å². The molecule has 1 saturated carbocycles. The van der Waals surface area contributed by atoms with Gasteiger partial charge in [-0.15, -0.1) is 0 Å². The molecular weight excluding hydrogens is 281 g/mol. The zero-order chi connectivity index (χ0) is 12.3. The molecule has 1 fully saturated rings. The van der Waals surface area contributed by atoms with Crippen molar-refractivity contribution in [3.8, 4) is 0 Å². The first-order valence-corrected chi connectivity index (χ1v) is 7.22. The third-order valence-corrected chi connectivity index (χ3v) is 4.39. The van der Waals surface area contributed by atoms with Crippen LogP contribution < -0.4 is 5.32 Å². The minimum atomic E-state index is -0.167. The van der Waals surface area contributed by atoms with Gasteiger partial charge in [-0.25, -0.2) is 4.39 Å². The fraction of sp³-hybridized carbons (Fsp3) is 0.571. The second-order valence-corrected chi connectivity index (χ2v) is 5.65. The number of hydrogen-bond acceptors (Lipinski definition) is 1. The van der Waals surface area contributed by atoms with Gasteiger partial charge in [-0.05, 0) is 46.8 Å². The lowest BCUT2D eigenvalue weighted by Crippen LogP contribution is -2.32. The summed E-state index contributed by atoms with van der Waals surface area (Å²) in [5.74, 6) is 0.509. The predicted octanol–water partition coefficient (Wildman–Crippen LogP) is 4.97. The Bertz CT molecular complexity index is 360. The van der Waals surface area contributed by atoms with Gasteiger partial charge in [0, 0.05) is 10.5 Å². The smallest absolute Gasteiger partial charge is 0.147 e. The monoisotopic (exact) mass is 299 g/mol. The zero-order valence-electron chi connectivity index (χ0n) is 10.2. The normalized spacial score (nSPS) is 24.6. The molecule has 2 rings (SSSR count). The Morgan fingerprint density at radius 1 is 1.35 bits per heavy atom. The van der Waals surface area contributed by atoms with E-state index in [0.29, 0.717) is 17.6 Å². The molecule has 0 spiro atoms. The summed E-state index contributed by atoms with van der Waals surface area (Å²) in [6.07, 6.45) is 6.15. The molecule has 0 aromatic heterocycles. The van der Waals surface area contributed by atoms with E-state index in [1.54, 1.807) is 6.07 Å². The van der Waals surface area contributed by atoms with Crippen LogP contribution in [0.15, 0.2) is 22.7 Å². The van der Waals surface area contributed by atoms with E-state index in [0.717, 1.165) is 10.9 Å². The molecule has 1 aromatic carbocycles. The lowest BCUT2D eigenvalue weighted by atomic mass is 9.83. The minimum absolute atomic E-state index is 0.167. The lowest BCUT2D eigenvalue weighted by Gasteiger charge is -2.32. The third-order valence-electron chi connectivity index (χ3n) is 3.73. The first-order valence-electron chi connectivity index (χ1n) is 6.43. The SMILES string of the molecule is CCC1CCCCC1Nc1c(F)cccc1Br. The second-order valence-electron chi connectivity index (χ2n) is 4.80. The molecule has 1 aromatic rings. The molecule has 1 N–H and O–H groups in total. The van der Waals surface area contributed by atoms with E-state index in [1.807, 2.05) is 6.07 Å². The lowest BCUT2D eigenvalue weighted by molar-refractivity contribution is 0.316. The van der Waals surface area contributed by atoms with Crippen LogP contribution in [0.2, 0.25) is 0 Å². The van der Waals surface area contributed by atoms with Gasteiger partial charge in [-0.3, -0.25) is 0 Å². The van der Waals surface area contributed by atoms with Crippen molar-refractivity contribution in [1.29, 1.82) is 0 Å². The molecule has 1 nitrogen and oxygen atoms in total. The van der Waals surface area contributed by atoms with Crippen molar-refractivity contribution in [2.24, 2.45) is 5.92 Å². The van der Waals surface area contributed by atoms with E-state index in [-0.39, 0.29) is 5.82 Å². The summed E-state index contributed by atoms with van der Waals surface area (Å²) >= 11 is 3.41. The summed E-state index contributed by atoms with van der Waals surface area (Å²) in [6, 6.07) is 5.54. The van der Waals surface area contributed by atoms with E-state index in [1.165, 1.54) is 31.7 Å². The Labute approximate surface area is 111 Å². The number of halogens is 2. The molecule has 3 heteroatoms. The van der Waals surface area contributed by atoms with Gasteiger partial charge in [0.2, 0.25) is 0 Å². The topological polar surface area (TPSA) is 12.0 Å². The Balaban J connectivity index is 2.13. The largest absolute Gasteiger partial charge is 0.379 e. The Morgan fingerprint density at radius 2 is 2.12 bits per heavy atom. The highest BCUT2D eigenvalue weighted by Gasteiger charge is 2.24. The van der Waals surface area contributed by atoms with E-state index in [2.05, 4.69) is 28.2 Å². The molecule has 0 bridgehead atoms. The van der Waals surface area contributed by atoms with Gasteiger partial charge in [0.25, 0.3) is 0 Å². The van der Waals surface area contributed by atoms with Crippen LogP contribution in [0, 0.1) is 11.7 Å². The molecule has 0 saturated heterocycles. The number of rotatable bonds is 3. The fourth-order valence-corrected chi connectivity index (χ4v) is 3.16. The molecule has 0 heterocycles. The second kappa shape index (κ2) is 5.85. The predicted molar refractivity (Wildman–Crippen MR) is 73.8 cm³/mol. The van der Waals surface area contributed by atoms with E-state index in [9.17, 15) is 4.39 Å². The summed E-state index contributed by atoms with van der Waals surface area (Å²) in [6.45, 7) is 2.22. The number of benzene rings is 1. The van der Waals surface area contributed by atoms with Crippen LogP contribution in [0.5, 0.6) is 0 Å². The number of nitrogens with one attached hydrogen (secondary N) is 1. The molecule has 0 amide bonds. The number of anilines is 1. The van der Waals surface area contributed by atoms with E-state index in [4.69, 9.17) is 0 Å². The first-order chi connectivity index (χ1) is 8.22. The van der Waals surface area contributed by atoms with Gasteiger partial charge in [0.1, 0.15) is 5.82 Å². The minimum Gasteiger partial charge on any atom is -0.379 e. The third kappa shape index (κ3) is 3.01. The molecule has 1 aliphatic carbocycles. The molecule has 2 atom stereocenters. The maximum absolute atomic E-state index is 13.7. The molecular formula is C14H19BrFN. The van der Waals surface area contributed by atoms with Crippen molar-refractivity contribution < 1.29 is 4.39 Å². The first kappa shape index (κ1) is 12.9. The van der Waals surface area contributed by atoms with Crippen LogP contribution in [-0.2, 0) is 0 Å². The molecule has 17 heavy (non-hydrogen) atoms. The van der Waals surface area contributed by atoms with Crippen LogP contribution in [0.1, 0.15) is 39.0 Å². The molecule has 94 valence electrons. The van der Waals surface area contributed by atoms with Crippen molar-refractivity contribution in [2.45, 2.75) is 45.1 Å².